The molecule has 4 aromatic rings. The predicted molar refractivity (Wildman–Crippen MR) is 132 cm³/mol. The number of carbonyl (C=O) groups is 2. The lowest BCUT2D eigenvalue weighted by Gasteiger charge is -2.07. The van der Waals surface area contributed by atoms with Crippen molar-refractivity contribution >= 4 is 56.9 Å². The molecule has 0 atom stereocenters. The molecule has 3 aromatic carbocycles. The highest BCUT2D eigenvalue weighted by Gasteiger charge is 2.25. The minimum absolute atomic E-state index is 0.0919. The summed E-state index contributed by atoms with van der Waals surface area (Å²) in [6.45, 7) is 0. The summed E-state index contributed by atoms with van der Waals surface area (Å²) >= 11 is 7.68. The second kappa shape index (κ2) is 9.13. The second-order valence-corrected chi connectivity index (χ2v) is 8.66. The highest BCUT2D eigenvalue weighted by molar-refractivity contribution is 7.21. The molecule has 0 saturated heterocycles. The molecule has 5 rings (SSSR count). The molecule has 34 heavy (non-hydrogen) atoms. The number of halogens is 1. The Balaban J connectivity index is 1.43. The maximum absolute atomic E-state index is 12.9. The van der Waals surface area contributed by atoms with Crippen LogP contribution in [-0.2, 0) is 9.53 Å². The first-order chi connectivity index (χ1) is 16.5. The molecule has 0 bridgehead atoms. The van der Waals surface area contributed by atoms with Crippen LogP contribution in [0.3, 0.4) is 0 Å². The zero-order chi connectivity index (χ0) is 23.7. The second-order valence-electron chi connectivity index (χ2n) is 7.23. The van der Waals surface area contributed by atoms with E-state index >= 15 is 0 Å². The van der Waals surface area contributed by atoms with E-state index in [2.05, 4.69) is 4.99 Å². The van der Waals surface area contributed by atoms with Gasteiger partial charge in [-0.25, -0.2) is 14.6 Å². The highest BCUT2D eigenvalue weighted by atomic mass is 35.5. The van der Waals surface area contributed by atoms with Crippen LogP contribution < -0.4 is 9.47 Å². The maximum Gasteiger partial charge on any atom is 0.363 e. The van der Waals surface area contributed by atoms with Crippen molar-refractivity contribution in [3.05, 3.63) is 99.5 Å². The molecule has 8 heteroatoms. The molecule has 1 aliphatic heterocycles. The Morgan fingerprint density at radius 1 is 1.03 bits per heavy atom. The van der Waals surface area contributed by atoms with Gasteiger partial charge in [0.15, 0.2) is 5.70 Å². The van der Waals surface area contributed by atoms with Crippen LogP contribution in [0.2, 0.25) is 5.02 Å². The van der Waals surface area contributed by atoms with Crippen molar-refractivity contribution in [2.24, 2.45) is 4.99 Å². The van der Waals surface area contributed by atoms with Crippen molar-refractivity contribution in [2.45, 2.75) is 0 Å². The van der Waals surface area contributed by atoms with Gasteiger partial charge in [0.2, 0.25) is 5.90 Å². The van der Waals surface area contributed by atoms with Crippen LogP contribution in [0.1, 0.15) is 20.8 Å². The average molecular weight is 490 g/mol. The number of thiophene rings is 1. The number of nitrogens with zero attached hydrogens (tertiary/aromatic N) is 1. The Hall–Kier alpha value is -3.94. The summed E-state index contributed by atoms with van der Waals surface area (Å²) < 4.78 is 17.0. The predicted octanol–water partition coefficient (Wildman–Crippen LogP) is 6.13. The van der Waals surface area contributed by atoms with E-state index in [9.17, 15) is 9.59 Å². The van der Waals surface area contributed by atoms with E-state index in [4.69, 9.17) is 25.8 Å². The highest BCUT2D eigenvalue weighted by Crippen LogP contribution is 2.36. The van der Waals surface area contributed by atoms with Gasteiger partial charge >= 0.3 is 11.9 Å². The number of ether oxygens (including phenoxy) is 3. The fourth-order valence-corrected chi connectivity index (χ4v) is 4.78. The van der Waals surface area contributed by atoms with Gasteiger partial charge in [-0.2, -0.15) is 0 Å². The fraction of sp³-hybridized carbons (Fsp3) is 0.0385. The topological polar surface area (TPSA) is 74.2 Å². The normalized spacial score (nSPS) is 14.2. The molecule has 0 radical (unpaired) electrons. The summed E-state index contributed by atoms with van der Waals surface area (Å²) in [4.78, 5) is 30.0. The van der Waals surface area contributed by atoms with Crippen LogP contribution in [0.25, 0.3) is 16.2 Å². The van der Waals surface area contributed by atoms with Crippen LogP contribution in [0, 0.1) is 0 Å². The molecule has 1 aliphatic rings. The largest absolute Gasteiger partial charge is 0.497 e. The number of esters is 2. The summed E-state index contributed by atoms with van der Waals surface area (Å²) in [6, 6.07) is 21.3. The molecular formula is C26H16ClNO5S. The number of hydrogen-bond donors (Lipinski definition) is 0. The molecule has 2 heterocycles. The average Bonchev–Trinajstić information content (AvgIpc) is 3.40. The third kappa shape index (κ3) is 4.19. The van der Waals surface area contributed by atoms with Gasteiger partial charge in [-0.1, -0.05) is 48.0 Å². The third-order valence-corrected chi connectivity index (χ3v) is 6.75. The number of fused-ring (bicyclic) bond motifs is 1. The summed E-state index contributed by atoms with van der Waals surface area (Å²) in [7, 11) is 1.57. The van der Waals surface area contributed by atoms with Crippen LogP contribution in [0.5, 0.6) is 11.5 Å². The third-order valence-electron chi connectivity index (χ3n) is 5.09. The molecular weight excluding hydrogens is 474 g/mol. The van der Waals surface area contributed by atoms with Crippen LogP contribution in [0.4, 0.5) is 0 Å². The maximum atomic E-state index is 12.9. The summed E-state index contributed by atoms with van der Waals surface area (Å²) in [5.41, 5.74) is 1.23. The minimum atomic E-state index is -0.598. The minimum Gasteiger partial charge on any atom is -0.497 e. The first kappa shape index (κ1) is 21.9. The standard InChI is InChI=1S/C26H16ClNO5S/c1-31-17-12-10-15(11-13-17)24-28-19(25(29)33-24)14-16-6-2-4-8-20(16)32-26(30)23-22(27)18-7-3-5-9-21(18)34-23/h2-14H,1H3/b19-14+. The number of hydrogen-bond acceptors (Lipinski definition) is 7. The van der Waals surface area contributed by atoms with E-state index in [1.54, 1.807) is 55.6 Å². The number of benzene rings is 3. The quantitative estimate of drug-likeness (QED) is 0.191. The van der Waals surface area contributed by atoms with Gasteiger partial charge in [-0.3, -0.25) is 0 Å². The molecule has 1 aromatic heterocycles. The van der Waals surface area contributed by atoms with Crippen LogP contribution in [-0.4, -0.2) is 24.9 Å². The summed E-state index contributed by atoms with van der Waals surface area (Å²) in [5, 5.41) is 1.15. The Kier molecular flexibility index (Phi) is 5.88. The Morgan fingerprint density at radius 3 is 2.53 bits per heavy atom. The smallest absolute Gasteiger partial charge is 0.363 e. The zero-order valence-corrected chi connectivity index (χ0v) is 19.4. The molecule has 0 aliphatic carbocycles. The van der Waals surface area contributed by atoms with Gasteiger partial charge in [0, 0.05) is 21.2 Å². The van der Waals surface area contributed by atoms with Crippen molar-refractivity contribution < 1.29 is 23.8 Å². The van der Waals surface area contributed by atoms with Crippen molar-refractivity contribution in [1.82, 2.24) is 0 Å². The van der Waals surface area contributed by atoms with Crippen LogP contribution >= 0.6 is 22.9 Å². The first-order valence-electron chi connectivity index (χ1n) is 10.2. The molecule has 0 saturated carbocycles. The van der Waals surface area contributed by atoms with Gasteiger partial charge < -0.3 is 14.2 Å². The number of rotatable bonds is 5. The summed E-state index contributed by atoms with van der Waals surface area (Å²) in [5.74, 6) is -0.0354. The lowest BCUT2D eigenvalue weighted by molar-refractivity contribution is -0.129. The number of aliphatic imine (C=N–C) groups is 1. The number of cyclic esters (lactones) is 1. The number of para-hydroxylation sites is 1. The number of methoxy groups -OCH3 is 1. The van der Waals surface area contributed by atoms with Crippen LogP contribution in [0.15, 0.2) is 83.5 Å². The monoisotopic (exact) mass is 489 g/mol. The van der Waals surface area contributed by atoms with Crippen molar-refractivity contribution in [3.8, 4) is 11.5 Å². The van der Waals surface area contributed by atoms with E-state index in [-0.39, 0.29) is 17.3 Å². The Bertz CT molecular complexity index is 1490. The lowest BCUT2D eigenvalue weighted by Crippen LogP contribution is -2.08. The van der Waals surface area contributed by atoms with Gasteiger partial charge in [-0.05, 0) is 42.5 Å². The van der Waals surface area contributed by atoms with Gasteiger partial charge in [0.25, 0.3) is 0 Å². The number of carbonyl (C=O) groups excluding carboxylic acids is 2. The molecule has 168 valence electrons. The van der Waals surface area contributed by atoms with Gasteiger partial charge in [0.1, 0.15) is 16.4 Å². The lowest BCUT2D eigenvalue weighted by atomic mass is 10.1. The molecule has 0 unspecified atom stereocenters. The fourth-order valence-electron chi connectivity index (χ4n) is 3.40. The van der Waals surface area contributed by atoms with E-state index in [1.807, 2.05) is 24.3 Å². The SMILES string of the molecule is COc1ccc(C2=N/C(=C/c3ccccc3OC(=O)c3sc4ccccc4c3Cl)C(=O)O2)cc1. The zero-order valence-electron chi connectivity index (χ0n) is 17.8. The first-order valence-corrected chi connectivity index (χ1v) is 11.4. The Morgan fingerprint density at radius 2 is 1.76 bits per heavy atom. The van der Waals surface area contributed by atoms with Gasteiger partial charge in [0.05, 0.1) is 12.1 Å². The van der Waals surface area contributed by atoms with E-state index < -0.39 is 11.9 Å². The van der Waals surface area contributed by atoms with E-state index in [0.717, 1.165) is 10.1 Å². The van der Waals surface area contributed by atoms with E-state index in [0.29, 0.717) is 26.8 Å². The van der Waals surface area contributed by atoms with Crippen molar-refractivity contribution in [2.75, 3.05) is 7.11 Å². The Labute approximate surface area is 203 Å². The van der Waals surface area contributed by atoms with E-state index in [1.165, 1.54) is 17.4 Å². The van der Waals surface area contributed by atoms with Crippen molar-refractivity contribution in [1.29, 1.82) is 0 Å². The molecule has 0 amide bonds. The summed E-state index contributed by atoms with van der Waals surface area (Å²) in [6.07, 6.45) is 1.52. The molecule has 0 spiro atoms. The molecule has 6 nitrogen and oxygen atoms in total. The molecule has 0 fully saturated rings. The molecule has 0 N–H and O–H groups in total. The van der Waals surface area contributed by atoms with Crippen molar-refractivity contribution in [3.63, 3.8) is 0 Å². The van der Waals surface area contributed by atoms with Gasteiger partial charge in [-0.15, -0.1) is 11.3 Å².